The average molecular weight is 823 g/mol. The van der Waals surface area contributed by atoms with Crippen LogP contribution in [0, 0.1) is 5.41 Å². The Kier molecular flexibility index (Phi) is 10.5. The molecule has 0 saturated heterocycles. The van der Waals surface area contributed by atoms with Crippen molar-refractivity contribution in [3.8, 4) is 17.3 Å². The molecule has 1 aliphatic rings. The van der Waals surface area contributed by atoms with Crippen LogP contribution in [0.2, 0.25) is 0 Å². The number of pyridine rings is 1. The molecule has 5 heteroatoms. The smallest absolute Gasteiger partial charge is 0.137 e. The summed E-state index contributed by atoms with van der Waals surface area (Å²) in [6.07, 6.45) is 4.30. The summed E-state index contributed by atoms with van der Waals surface area (Å²) in [5.41, 5.74) is 11.4. The third-order valence-corrected chi connectivity index (χ3v) is 12.7. The maximum Gasteiger partial charge on any atom is 0.137 e. The molecule has 62 heavy (non-hydrogen) atoms. The first-order valence-corrected chi connectivity index (χ1v) is 22.3. The van der Waals surface area contributed by atoms with Crippen LogP contribution < -0.4 is 14.5 Å². The van der Waals surface area contributed by atoms with Gasteiger partial charge < -0.3 is 14.5 Å². The summed E-state index contributed by atoms with van der Waals surface area (Å²) < 4.78 is 9.58. The van der Waals surface area contributed by atoms with E-state index in [1.54, 1.807) is 0 Å². The van der Waals surface area contributed by atoms with Gasteiger partial charge in [0.15, 0.2) is 0 Å². The molecule has 5 nitrogen and oxygen atoms in total. The summed E-state index contributed by atoms with van der Waals surface area (Å²) in [6, 6.07) is 44.3. The van der Waals surface area contributed by atoms with Crippen molar-refractivity contribution in [2.45, 2.75) is 119 Å². The number of anilines is 2. The molecule has 2 aromatic heterocycles. The summed E-state index contributed by atoms with van der Waals surface area (Å²) in [5, 5.41) is 2.44. The largest absolute Gasteiger partial charge is 0.457 e. The normalized spacial score (nSPS) is 14.3. The molecular weight excluding hydrogens is 757 g/mol. The highest BCUT2D eigenvalue weighted by atomic mass is 16.5. The molecule has 0 bridgehead atoms. The fraction of sp³-hybridized carbons (Fsp3) is 0.351. The van der Waals surface area contributed by atoms with Crippen LogP contribution in [0.4, 0.5) is 11.4 Å². The molecule has 0 fully saturated rings. The lowest BCUT2D eigenvalue weighted by Gasteiger charge is -2.33. The summed E-state index contributed by atoms with van der Waals surface area (Å²) in [5.74, 6) is 2.51. The Bertz CT molecular complexity index is 2810. The Morgan fingerprint density at radius 2 is 1.13 bits per heavy atom. The van der Waals surface area contributed by atoms with Gasteiger partial charge in [0.05, 0.1) is 17.7 Å². The van der Waals surface area contributed by atoms with Gasteiger partial charge in [-0.2, -0.15) is 0 Å². The lowest BCUT2D eigenvalue weighted by atomic mass is 9.78. The van der Waals surface area contributed by atoms with Gasteiger partial charge in [0, 0.05) is 63.2 Å². The molecule has 0 saturated carbocycles. The Morgan fingerprint density at radius 3 is 1.81 bits per heavy atom. The lowest BCUT2D eigenvalue weighted by Crippen LogP contribution is -2.31. The van der Waals surface area contributed by atoms with Crippen molar-refractivity contribution in [2.75, 3.05) is 16.5 Å². The van der Waals surface area contributed by atoms with Gasteiger partial charge in [0.1, 0.15) is 17.3 Å². The maximum atomic E-state index is 7.25. The number of hydrogen-bond acceptors (Lipinski definition) is 4. The lowest BCUT2D eigenvalue weighted by molar-refractivity contribution is 0.475. The van der Waals surface area contributed by atoms with Gasteiger partial charge in [0.25, 0.3) is 0 Å². The number of para-hydroxylation sites is 1. The quantitative estimate of drug-likeness (QED) is 0.160. The number of ether oxygens (including phenoxy) is 1. The first-order chi connectivity index (χ1) is 29.0. The van der Waals surface area contributed by atoms with E-state index in [-0.39, 0.29) is 27.1 Å². The van der Waals surface area contributed by atoms with Crippen LogP contribution in [0.1, 0.15) is 125 Å². The Balaban J connectivity index is 1.31. The van der Waals surface area contributed by atoms with Crippen LogP contribution in [0.5, 0.6) is 11.5 Å². The van der Waals surface area contributed by atoms with Crippen molar-refractivity contribution in [1.82, 2.24) is 9.55 Å². The molecule has 0 amide bonds. The van der Waals surface area contributed by atoms with E-state index < -0.39 is 0 Å². The summed E-state index contributed by atoms with van der Waals surface area (Å²) >= 11 is 0. The molecule has 0 spiro atoms. The van der Waals surface area contributed by atoms with Crippen LogP contribution in [0.15, 0.2) is 139 Å². The van der Waals surface area contributed by atoms with E-state index in [0.29, 0.717) is 6.67 Å². The van der Waals surface area contributed by atoms with Gasteiger partial charge in [-0.05, 0) is 92.6 Å². The summed E-state index contributed by atoms with van der Waals surface area (Å²) in [6.45, 7) is 32.8. The predicted molar refractivity (Wildman–Crippen MR) is 264 cm³/mol. The van der Waals surface area contributed by atoms with Gasteiger partial charge in [0.2, 0.25) is 0 Å². The molecule has 1 aliphatic heterocycles. The van der Waals surface area contributed by atoms with Crippen LogP contribution in [-0.4, -0.2) is 16.2 Å². The highest BCUT2D eigenvalue weighted by Crippen LogP contribution is 2.46. The molecule has 0 unspecified atom stereocenters. The molecule has 0 aliphatic carbocycles. The molecule has 3 heterocycles. The molecule has 0 atom stereocenters. The molecular formula is C57H66N4O. The summed E-state index contributed by atoms with van der Waals surface area (Å²) in [4.78, 5) is 9.89. The highest BCUT2D eigenvalue weighted by molar-refractivity contribution is 6.11. The number of aromatic nitrogens is 2. The second-order valence-corrected chi connectivity index (χ2v) is 22.0. The van der Waals surface area contributed by atoms with E-state index in [9.17, 15) is 0 Å². The first kappa shape index (κ1) is 42.9. The van der Waals surface area contributed by atoms with E-state index in [2.05, 4.69) is 239 Å². The van der Waals surface area contributed by atoms with Crippen LogP contribution in [-0.2, 0) is 21.7 Å². The predicted octanol–water partition coefficient (Wildman–Crippen LogP) is 15.4. The minimum atomic E-state index is -0.307. The standard InChI is InChI=1S/C57H66N4O/c1-53(2,3)39-23-20-24-42(29-39)59-36-50(56(10,11)12)60(37-59)43-30-41(57(13,14)38-21-16-15-17-22-38)31-44(33-43)62-45-34-47(55(7,8)9)52-46-25-18-19-26-48(46)61(49(52)35-45)51-32-40(27-28-58-51)54(4,5)6/h15-36H,37H2,1-14H3. The van der Waals surface area contributed by atoms with Gasteiger partial charge in [-0.25, -0.2) is 4.98 Å². The van der Waals surface area contributed by atoms with Crippen molar-refractivity contribution in [1.29, 1.82) is 0 Å². The highest BCUT2D eigenvalue weighted by Gasteiger charge is 2.34. The number of nitrogens with zero attached hydrogens (tertiary/aromatic N) is 4. The third-order valence-electron chi connectivity index (χ3n) is 12.7. The monoisotopic (exact) mass is 823 g/mol. The number of allylic oxidation sites excluding steroid dienone is 1. The molecule has 5 aromatic carbocycles. The third kappa shape index (κ3) is 8.15. The van der Waals surface area contributed by atoms with Crippen LogP contribution >= 0.6 is 0 Å². The Morgan fingerprint density at radius 1 is 0.500 bits per heavy atom. The topological polar surface area (TPSA) is 33.5 Å². The van der Waals surface area contributed by atoms with Crippen LogP contribution in [0.25, 0.3) is 27.6 Å². The number of rotatable bonds is 7. The SMILES string of the molecule is CC(C)(C)C1=CN(c2cccc(C(C)(C)C)c2)CN1c1cc(Oc2cc(C(C)(C)C)c3c4ccccc4n(-c4cc(C(C)(C)C)ccn4)c3c2)cc(C(C)(C)c2ccccc2)c1. The van der Waals surface area contributed by atoms with E-state index in [1.165, 1.54) is 50.0 Å². The Hall–Kier alpha value is -5.81. The second-order valence-electron chi connectivity index (χ2n) is 22.0. The van der Waals surface area contributed by atoms with Gasteiger partial charge in [-0.15, -0.1) is 0 Å². The first-order valence-electron chi connectivity index (χ1n) is 22.3. The fourth-order valence-electron chi connectivity index (χ4n) is 8.90. The summed E-state index contributed by atoms with van der Waals surface area (Å²) in [7, 11) is 0. The molecule has 7 aromatic rings. The molecule has 8 rings (SSSR count). The zero-order chi connectivity index (χ0) is 44.6. The van der Waals surface area contributed by atoms with Crippen molar-refractivity contribution >= 4 is 33.2 Å². The van der Waals surface area contributed by atoms with Crippen molar-refractivity contribution in [2.24, 2.45) is 5.41 Å². The van der Waals surface area contributed by atoms with Crippen molar-refractivity contribution in [3.05, 3.63) is 167 Å². The van der Waals surface area contributed by atoms with Gasteiger partial charge in [-0.1, -0.05) is 158 Å². The van der Waals surface area contributed by atoms with Gasteiger partial charge >= 0.3 is 0 Å². The average Bonchev–Trinajstić information content (AvgIpc) is 3.81. The number of hydrogen-bond donors (Lipinski definition) is 0. The minimum absolute atomic E-state index is 0.0254. The molecule has 320 valence electrons. The van der Waals surface area contributed by atoms with Crippen LogP contribution in [0.3, 0.4) is 0 Å². The fourth-order valence-corrected chi connectivity index (χ4v) is 8.90. The van der Waals surface area contributed by atoms with Gasteiger partial charge in [-0.3, -0.25) is 4.57 Å². The van der Waals surface area contributed by atoms with Crippen molar-refractivity contribution < 1.29 is 4.74 Å². The van der Waals surface area contributed by atoms with E-state index >= 15 is 0 Å². The van der Waals surface area contributed by atoms with Crippen molar-refractivity contribution in [3.63, 3.8) is 0 Å². The van der Waals surface area contributed by atoms with E-state index in [4.69, 9.17) is 9.72 Å². The second kappa shape index (κ2) is 15.2. The maximum absolute atomic E-state index is 7.25. The molecule has 0 radical (unpaired) electrons. The van der Waals surface area contributed by atoms with E-state index in [1.807, 2.05) is 6.20 Å². The van der Waals surface area contributed by atoms with E-state index in [0.717, 1.165) is 34.0 Å². The number of fused-ring (bicyclic) bond motifs is 3. The Labute approximate surface area is 371 Å². The number of benzene rings is 5. The zero-order valence-electron chi connectivity index (χ0n) is 39.6. The molecule has 0 N–H and O–H groups in total. The zero-order valence-corrected chi connectivity index (χ0v) is 39.6. The minimum Gasteiger partial charge on any atom is -0.457 e.